The van der Waals surface area contributed by atoms with E-state index >= 15 is 0 Å². The molecule has 0 aromatic carbocycles. The fraction of sp³-hybridized carbons (Fsp3) is 0.786. The third kappa shape index (κ3) is 3.46. The van der Waals surface area contributed by atoms with Crippen LogP contribution in [0.4, 0.5) is 0 Å². The van der Waals surface area contributed by atoms with Gasteiger partial charge in [0.1, 0.15) is 5.82 Å². The number of hydrogen-bond donors (Lipinski definition) is 1. The fourth-order valence-electron chi connectivity index (χ4n) is 2.93. The Kier molecular flexibility index (Phi) is 5.40. The van der Waals surface area contributed by atoms with Crippen molar-refractivity contribution >= 4 is 10.0 Å². The Hall–Kier alpha value is -0.920. The van der Waals surface area contributed by atoms with E-state index in [1.807, 2.05) is 11.5 Å². The van der Waals surface area contributed by atoms with Crippen LogP contribution in [0.1, 0.15) is 44.9 Å². The molecule has 0 saturated carbocycles. The highest BCUT2D eigenvalue weighted by Crippen LogP contribution is 2.28. The summed E-state index contributed by atoms with van der Waals surface area (Å²) in [7, 11) is -3.52. The maximum Gasteiger partial charge on any atom is 0.262 e. The molecule has 1 fully saturated rings. The molecule has 1 aromatic heterocycles. The summed E-state index contributed by atoms with van der Waals surface area (Å²) < 4.78 is 29.0. The van der Waals surface area contributed by atoms with Crippen molar-refractivity contribution in [1.29, 1.82) is 0 Å². The van der Waals surface area contributed by atoms with Gasteiger partial charge in [-0.2, -0.15) is 4.31 Å². The minimum Gasteiger partial charge on any atom is -0.396 e. The van der Waals surface area contributed by atoms with E-state index in [2.05, 4.69) is 11.9 Å². The van der Waals surface area contributed by atoms with Crippen molar-refractivity contribution < 1.29 is 13.5 Å². The minimum atomic E-state index is -3.52. The van der Waals surface area contributed by atoms with Crippen molar-refractivity contribution in [3.8, 4) is 0 Å². The minimum absolute atomic E-state index is 0.00113. The molecule has 0 spiro atoms. The Bertz CT molecular complexity index is 568. The molecule has 6 nitrogen and oxygen atoms in total. The predicted molar refractivity (Wildman–Crippen MR) is 80.5 cm³/mol. The van der Waals surface area contributed by atoms with Crippen LogP contribution in [0.5, 0.6) is 0 Å². The lowest BCUT2D eigenvalue weighted by molar-refractivity contribution is 0.264. The van der Waals surface area contributed by atoms with E-state index in [9.17, 15) is 8.42 Å². The number of sulfonamides is 1. The smallest absolute Gasteiger partial charge is 0.262 e. The summed E-state index contributed by atoms with van der Waals surface area (Å²) in [5.74, 6) is 0.738. The van der Waals surface area contributed by atoms with E-state index in [0.717, 1.165) is 31.6 Å². The van der Waals surface area contributed by atoms with Gasteiger partial charge in [-0.1, -0.05) is 6.92 Å². The maximum atomic E-state index is 12.8. The third-order valence-electron chi connectivity index (χ3n) is 4.01. The zero-order valence-electron chi connectivity index (χ0n) is 12.8. The first-order valence-electron chi connectivity index (χ1n) is 7.67. The molecular weight excluding hydrogens is 290 g/mol. The Morgan fingerprint density at radius 2 is 2.24 bits per heavy atom. The second-order valence-electron chi connectivity index (χ2n) is 5.60. The van der Waals surface area contributed by atoms with Gasteiger partial charge in [0.15, 0.2) is 5.03 Å². The monoisotopic (exact) mass is 315 g/mol. The fourth-order valence-corrected chi connectivity index (χ4v) is 4.65. The van der Waals surface area contributed by atoms with Crippen LogP contribution in [0.2, 0.25) is 0 Å². The summed E-state index contributed by atoms with van der Waals surface area (Å²) in [6, 6.07) is -0.00113. The summed E-state index contributed by atoms with van der Waals surface area (Å²) in [6.45, 7) is 5.33. The summed E-state index contributed by atoms with van der Waals surface area (Å²) in [5, 5.41) is 9.10. The lowest BCUT2D eigenvalue weighted by Crippen LogP contribution is -2.35. The van der Waals surface area contributed by atoms with Crippen molar-refractivity contribution in [2.45, 2.75) is 63.6 Å². The molecule has 1 atom stereocenters. The predicted octanol–water partition coefficient (Wildman–Crippen LogP) is 1.53. The van der Waals surface area contributed by atoms with E-state index in [4.69, 9.17) is 5.11 Å². The lowest BCUT2D eigenvalue weighted by atomic mass is 10.1. The summed E-state index contributed by atoms with van der Waals surface area (Å²) in [4.78, 5) is 4.24. The Labute approximate surface area is 126 Å². The first-order valence-corrected chi connectivity index (χ1v) is 9.11. The molecule has 21 heavy (non-hydrogen) atoms. The van der Waals surface area contributed by atoms with Crippen LogP contribution in [0.15, 0.2) is 11.2 Å². The highest BCUT2D eigenvalue weighted by molar-refractivity contribution is 7.89. The second kappa shape index (κ2) is 6.89. The van der Waals surface area contributed by atoms with Gasteiger partial charge in [0.05, 0.1) is 0 Å². The SMILES string of the molecule is CCCn1cc(S(=O)(=O)N2CCCC2CCCO)nc1C. The molecule has 0 radical (unpaired) electrons. The number of aliphatic hydroxyl groups is 1. The van der Waals surface area contributed by atoms with Crippen LogP contribution >= 0.6 is 0 Å². The zero-order chi connectivity index (χ0) is 15.5. The molecule has 1 unspecified atom stereocenters. The van der Waals surface area contributed by atoms with Gasteiger partial charge in [0.2, 0.25) is 0 Å². The van der Waals surface area contributed by atoms with Crippen molar-refractivity contribution in [1.82, 2.24) is 13.9 Å². The first kappa shape index (κ1) is 16.5. The van der Waals surface area contributed by atoms with Crippen molar-refractivity contribution in [3.63, 3.8) is 0 Å². The lowest BCUT2D eigenvalue weighted by Gasteiger charge is -2.22. The second-order valence-corrected chi connectivity index (χ2v) is 7.43. The zero-order valence-corrected chi connectivity index (χ0v) is 13.6. The van der Waals surface area contributed by atoms with Gasteiger partial charge in [-0.05, 0) is 39.0 Å². The molecule has 1 aliphatic heterocycles. The molecular formula is C14H25N3O3S. The van der Waals surface area contributed by atoms with E-state index in [0.29, 0.717) is 19.4 Å². The Morgan fingerprint density at radius 1 is 1.48 bits per heavy atom. The molecule has 1 aliphatic rings. The van der Waals surface area contributed by atoms with Gasteiger partial charge < -0.3 is 9.67 Å². The highest BCUT2D eigenvalue weighted by atomic mass is 32.2. The molecule has 0 aliphatic carbocycles. The molecule has 0 amide bonds. The molecule has 1 aromatic rings. The number of nitrogens with zero attached hydrogens (tertiary/aromatic N) is 3. The quantitative estimate of drug-likeness (QED) is 0.828. The van der Waals surface area contributed by atoms with E-state index < -0.39 is 10.0 Å². The Morgan fingerprint density at radius 3 is 2.90 bits per heavy atom. The van der Waals surface area contributed by atoms with Gasteiger partial charge in [-0.25, -0.2) is 13.4 Å². The average molecular weight is 315 g/mol. The number of imidazole rings is 1. The van der Waals surface area contributed by atoms with Crippen LogP contribution in [-0.4, -0.2) is 46.6 Å². The topological polar surface area (TPSA) is 75.4 Å². The maximum absolute atomic E-state index is 12.8. The van der Waals surface area contributed by atoms with Crippen molar-refractivity contribution in [2.24, 2.45) is 0 Å². The summed E-state index contributed by atoms with van der Waals surface area (Å²) >= 11 is 0. The van der Waals surface area contributed by atoms with Crippen LogP contribution in [0, 0.1) is 6.92 Å². The van der Waals surface area contributed by atoms with Crippen LogP contribution in [0.25, 0.3) is 0 Å². The number of rotatable bonds is 7. The van der Waals surface area contributed by atoms with Crippen LogP contribution < -0.4 is 0 Å². The standard InChI is InChI=1S/C14H25N3O3S/c1-3-8-16-11-14(15-12(16)2)21(19,20)17-9-4-6-13(17)7-5-10-18/h11,13,18H,3-10H2,1-2H3. The van der Waals surface area contributed by atoms with Gasteiger partial charge in [0.25, 0.3) is 10.0 Å². The Balaban J connectivity index is 2.22. The molecule has 0 bridgehead atoms. The number of aromatic nitrogens is 2. The van der Waals surface area contributed by atoms with Gasteiger partial charge in [0, 0.05) is 31.9 Å². The highest BCUT2D eigenvalue weighted by Gasteiger charge is 2.36. The van der Waals surface area contributed by atoms with Crippen LogP contribution in [-0.2, 0) is 16.6 Å². The molecule has 7 heteroatoms. The third-order valence-corrected chi connectivity index (χ3v) is 5.83. The molecule has 120 valence electrons. The molecule has 2 heterocycles. The van der Waals surface area contributed by atoms with E-state index in [1.54, 1.807) is 10.5 Å². The van der Waals surface area contributed by atoms with Gasteiger partial charge >= 0.3 is 0 Å². The van der Waals surface area contributed by atoms with Crippen molar-refractivity contribution in [3.05, 3.63) is 12.0 Å². The summed E-state index contributed by atoms with van der Waals surface area (Å²) in [6.07, 6.45) is 5.69. The number of hydrogen-bond acceptors (Lipinski definition) is 4. The van der Waals surface area contributed by atoms with Gasteiger partial charge in [-0.15, -0.1) is 0 Å². The van der Waals surface area contributed by atoms with Crippen molar-refractivity contribution in [2.75, 3.05) is 13.2 Å². The largest absolute Gasteiger partial charge is 0.396 e. The van der Waals surface area contributed by atoms with E-state index in [1.165, 1.54) is 0 Å². The summed E-state index contributed by atoms with van der Waals surface area (Å²) in [5.41, 5.74) is 0. The van der Waals surface area contributed by atoms with Gasteiger partial charge in [-0.3, -0.25) is 0 Å². The molecule has 1 saturated heterocycles. The molecule has 2 rings (SSSR count). The normalized spacial score (nSPS) is 20.2. The average Bonchev–Trinajstić information content (AvgIpc) is 3.05. The van der Waals surface area contributed by atoms with E-state index in [-0.39, 0.29) is 17.7 Å². The number of aryl methyl sites for hydroxylation is 2. The van der Waals surface area contributed by atoms with Crippen LogP contribution in [0.3, 0.4) is 0 Å². The number of aliphatic hydroxyl groups excluding tert-OH is 1. The first-order chi connectivity index (χ1) is 10.0. The molecule has 1 N–H and O–H groups in total.